The number of nitrogens with zero attached hydrogens (tertiary/aromatic N) is 1. The Morgan fingerprint density at radius 2 is 1.86 bits per heavy atom. The third-order valence-electron chi connectivity index (χ3n) is 3.72. The number of aliphatic hydroxyl groups excluding tert-OH is 1. The number of carbonyl (C=O) groups is 1. The fraction of sp³-hybridized carbons (Fsp3) is 0.389. The number of hydrogen-bond donors (Lipinski definition) is 1. The maximum Gasteiger partial charge on any atom is 0.227 e. The summed E-state index contributed by atoms with van der Waals surface area (Å²) >= 11 is 0. The van der Waals surface area contributed by atoms with E-state index in [1.54, 1.807) is 0 Å². The Bertz CT molecular complexity index is 602. The summed E-state index contributed by atoms with van der Waals surface area (Å²) in [5.74, 6) is 0.120. The lowest BCUT2D eigenvalue weighted by Gasteiger charge is -2.27. The molecule has 0 spiro atoms. The van der Waals surface area contributed by atoms with Crippen LogP contribution in [0.1, 0.15) is 25.8 Å². The summed E-state index contributed by atoms with van der Waals surface area (Å²) in [6.07, 6.45) is 1.03. The van der Waals surface area contributed by atoms with E-state index >= 15 is 0 Å². The van der Waals surface area contributed by atoms with Crippen molar-refractivity contribution in [3.63, 3.8) is 0 Å². The molecular formula is C18H23NO2. The van der Waals surface area contributed by atoms with Gasteiger partial charge in [0.2, 0.25) is 5.91 Å². The molecule has 0 unspecified atom stereocenters. The Labute approximate surface area is 126 Å². The van der Waals surface area contributed by atoms with Crippen molar-refractivity contribution in [2.24, 2.45) is 0 Å². The average Bonchev–Trinajstić information content (AvgIpc) is 2.47. The quantitative estimate of drug-likeness (QED) is 0.886. The van der Waals surface area contributed by atoms with E-state index in [0.717, 1.165) is 16.3 Å². The van der Waals surface area contributed by atoms with Crippen LogP contribution in [0.15, 0.2) is 42.5 Å². The minimum atomic E-state index is 0.116. The van der Waals surface area contributed by atoms with Crippen molar-refractivity contribution in [1.29, 1.82) is 0 Å². The first kappa shape index (κ1) is 15.5. The third kappa shape index (κ3) is 3.82. The van der Waals surface area contributed by atoms with E-state index in [9.17, 15) is 4.79 Å². The van der Waals surface area contributed by atoms with Crippen molar-refractivity contribution in [1.82, 2.24) is 4.90 Å². The zero-order valence-corrected chi connectivity index (χ0v) is 12.7. The molecule has 0 aliphatic heterocycles. The molecule has 3 nitrogen and oxygen atoms in total. The van der Waals surface area contributed by atoms with Gasteiger partial charge in [-0.05, 0) is 36.6 Å². The molecule has 0 bridgehead atoms. The topological polar surface area (TPSA) is 40.5 Å². The van der Waals surface area contributed by atoms with Gasteiger partial charge in [0.15, 0.2) is 0 Å². The van der Waals surface area contributed by atoms with Crippen LogP contribution in [0, 0.1) is 0 Å². The number of rotatable bonds is 6. The molecule has 21 heavy (non-hydrogen) atoms. The van der Waals surface area contributed by atoms with Crippen molar-refractivity contribution < 1.29 is 9.90 Å². The standard InChI is InChI=1S/C18H23NO2/c1-14(2)19(11-6-12-20)18(21)13-16-9-5-8-15-7-3-4-10-17(15)16/h3-5,7-10,14,20H,6,11-13H2,1-2H3. The Kier molecular flexibility index (Phi) is 5.34. The first-order valence-electron chi connectivity index (χ1n) is 7.50. The van der Waals surface area contributed by atoms with E-state index in [0.29, 0.717) is 19.4 Å². The lowest BCUT2D eigenvalue weighted by molar-refractivity contribution is -0.132. The zero-order chi connectivity index (χ0) is 15.2. The predicted octanol–water partition coefficient (Wildman–Crippen LogP) is 3.00. The van der Waals surface area contributed by atoms with Crippen LogP contribution in [-0.2, 0) is 11.2 Å². The van der Waals surface area contributed by atoms with Crippen LogP contribution in [0.25, 0.3) is 10.8 Å². The molecule has 0 heterocycles. The summed E-state index contributed by atoms with van der Waals surface area (Å²) in [6, 6.07) is 14.4. The lowest BCUT2D eigenvalue weighted by Crippen LogP contribution is -2.39. The summed E-state index contributed by atoms with van der Waals surface area (Å²) in [6.45, 7) is 4.75. The first-order chi connectivity index (χ1) is 10.1. The summed E-state index contributed by atoms with van der Waals surface area (Å²) in [5.41, 5.74) is 1.06. The van der Waals surface area contributed by atoms with Gasteiger partial charge < -0.3 is 10.0 Å². The van der Waals surface area contributed by atoms with Crippen molar-refractivity contribution in [2.75, 3.05) is 13.2 Å². The highest BCUT2D eigenvalue weighted by Gasteiger charge is 2.17. The van der Waals surface area contributed by atoms with Gasteiger partial charge in [-0.2, -0.15) is 0 Å². The Balaban J connectivity index is 2.20. The molecule has 1 amide bonds. The highest BCUT2D eigenvalue weighted by molar-refractivity contribution is 5.90. The highest BCUT2D eigenvalue weighted by atomic mass is 16.3. The summed E-state index contributed by atoms with van der Waals surface area (Å²) in [7, 11) is 0. The number of fused-ring (bicyclic) bond motifs is 1. The van der Waals surface area contributed by atoms with Gasteiger partial charge >= 0.3 is 0 Å². The summed E-state index contributed by atoms with van der Waals surface area (Å²) in [5, 5.41) is 11.3. The maximum atomic E-state index is 12.5. The molecule has 2 aromatic rings. The van der Waals surface area contributed by atoms with Crippen LogP contribution in [0.2, 0.25) is 0 Å². The molecule has 0 fully saturated rings. The Hall–Kier alpha value is -1.87. The van der Waals surface area contributed by atoms with E-state index in [1.165, 1.54) is 0 Å². The summed E-state index contributed by atoms with van der Waals surface area (Å²) < 4.78 is 0. The molecule has 112 valence electrons. The second kappa shape index (κ2) is 7.23. The minimum absolute atomic E-state index is 0.116. The van der Waals surface area contributed by atoms with Gasteiger partial charge in [0, 0.05) is 19.2 Å². The second-order valence-electron chi connectivity index (χ2n) is 5.57. The molecular weight excluding hydrogens is 262 g/mol. The smallest absolute Gasteiger partial charge is 0.227 e. The van der Waals surface area contributed by atoms with Crippen LogP contribution in [0.5, 0.6) is 0 Å². The zero-order valence-electron chi connectivity index (χ0n) is 12.7. The molecule has 0 saturated carbocycles. The molecule has 0 radical (unpaired) electrons. The largest absolute Gasteiger partial charge is 0.396 e. The van der Waals surface area contributed by atoms with Crippen LogP contribution in [0.4, 0.5) is 0 Å². The van der Waals surface area contributed by atoms with E-state index in [2.05, 4.69) is 18.2 Å². The van der Waals surface area contributed by atoms with Crippen LogP contribution in [0.3, 0.4) is 0 Å². The molecule has 3 heteroatoms. The molecule has 0 atom stereocenters. The molecule has 0 aliphatic carbocycles. The molecule has 2 aromatic carbocycles. The van der Waals surface area contributed by atoms with E-state index in [1.807, 2.05) is 43.0 Å². The van der Waals surface area contributed by atoms with E-state index in [4.69, 9.17) is 5.11 Å². The van der Waals surface area contributed by atoms with Gasteiger partial charge in [-0.25, -0.2) is 0 Å². The maximum absolute atomic E-state index is 12.5. The molecule has 2 rings (SSSR count). The van der Waals surface area contributed by atoms with Gasteiger partial charge in [0.1, 0.15) is 0 Å². The number of hydrogen-bond acceptors (Lipinski definition) is 2. The normalized spacial score (nSPS) is 11.0. The van der Waals surface area contributed by atoms with Crippen molar-refractivity contribution in [2.45, 2.75) is 32.7 Å². The monoisotopic (exact) mass is 285 g/mol. The van der Waals surface area contributed by atoms with E-state index < -0.39 is 0 Å². The first-order valence-corrected chi connectivity index (χ1v) is 7.50. The average molecular weight is 285 g/mol. The number of aliphatic hydroxyl groups is 1. The second-order valence-corrected chi connectivity index (χ2v) is 5.57. The fourth-order valence-corrected chi connectivity index (χ4v) is 2.62. The minimum Gasteiger partial charge on any atom is -0.396 e. The van der Waals surface area contributed by atoms with Gasteiger partial charge in [0.25, 0.3) is 0 Å². The molecule has 0 saturated heterocycles. The fourth-order valence-electron chi connectivity index (χ4n) is 2.62. The van der Waals surface area contributed by atoms with Gasteiger partial charge in [0.05, 0.1) is 6.42 Å². The Morgan fingerprint density at radius 3 is 2.57 bits per heavy atom. The van der Waals surface area contributed by atoms with Gasteiger partial charge in [-0.1, -0.05) is 42.5 Å². The number of carbonyl (C=O) groups excluding carboxylic acids is 1. The molecule has 1 N–H and O–H groups in total. The SMILES string of the molecule is CC(C)N(CCCO)C(=O)Cc1cccc2ccccc12. The van der Waals surface area contributed by atoms with Crippen LogP contribution >= 0.6 is 0 Å². The van der Waals surface area contributed by atoms with Crippen molar-refractivity contribution >= 4 is 16.7 Å². The van der Waals surface area contributed by atoms with E-state index in [-0.39, 0.29) is 18.6 Å². The number of benzene rings is 2. The van der Waals surface area contributed by atoms with Crippen LogP contribution in [-0.4, -0.2) is 35.1 Å². The number of amides is 1. The van der Waals surface area contributed by atoms with Crippen molar-refractivity contribution in [3.05, 3.63) is 48.0 Å². The lowest BCUT2D eigenvalue weighted by atomic mass is 10.0. The molecule has 0 aromatic heterocycles. The van der Waals surface area contributed by atoms with Gasteiger partial charge in [-0.3, -0.25) is 4.79 Å². The predicted molar refractivity (Wildman–Crippen MR) is 86.2 cm³/mol. The highest BCUT2D eigenvalue weighted by Crippen LogP contribution is 2.19. The summed E-state index contributed by atoms with van der Waals surface area (Å²) in [4.78, 5) is 14.4. The third-order valence-corrected chi connectivity index (χ3v) is 3.72. The van der Waals surface area contributed by atoms with Crippen LogP contribution < -0.4 is 0 Å². The molecule has 0 aliphatic rings. The Morgan fingerprint density at radius 1 is 1.14 bits per heavy atom. The van der Waals surface area contributed by atoms with Crippen molar-refractivity contribution in [3.8, 4) is 0 Å². The van der Waals surface area contributed by atoms with Gasteiger partial charge in [-0.15, -0.1) is 0 Å².